The molecule has 2 aliphatic rings. The number of carbonyl (C=O) groups is 2. The Kier molecular flexibility index (Phi) is 5.59. The quantitative estimate of drug-likeness (QED) is 0.817. The lowest BCUT2D eigenvalue weighted by Gasteiger charge is -2.28. The summed E-state index contributed by atoms with van der Waals surface area (Å²) in [6, 6.07) is 4.67. The fraction of sp³-hybridized carbons (Fsp3) is 0.529. The van der Waals surface area contributed by atoms with E-state index in [-0.39, 0.29) is 23.3 Å². The minimum atomic E-state index is -3.79. The number of anilines is 1. The molecule has 1 aromatic carbocycles. The number of carbonyl (C=O) groups excluding carboxylic acids is 2. The van der Waals surface area contributed by atoms with E-state index in [0.717, 1.165) is 9.87 Å². The van der Waals surface area contributed by atoms with E-state index in [2.05, 4.69) is 5.32 Å². The maximum atomic E-state index is 12.8. The summed E-state index contributed by atoms with van der Waals surface area (Å²) in [6.07, 6.45) is 1.73. The molecule has 1 N–H and O–H groups in total. The first-order valence-electron chi connectivity index (χ1n) is 8.62. The van der Waals surface area contributed by atoms with Crippen LogP contribution < -0.4 is 5.32 Å². The second kappa shape index (κ2) is 7.73. The summed E-state index contributed by atoms with van der Waals surface area (Å²) in [5.41, 5.74) is 1.45. The highest BCUT2D eigenvalue weighted by atomic mass is 32.2. The lowest BCUT2D eigenvalue weighted by Crippen LogP contribution is -2.46. The highest BCUT2D eigenvalue weighted by molar-refractivity contribution is 7.89. The number of morpholine rings is 1. The summed E-state index contributed by atoms with van der Waals surface area (Å²) < 4.78 is 31.9. The highest BCUT2D eigenvalue weighted by Gasteiger charge is 2.27. The van der Waals surface area contributed by atoms with Gasteiger partial charge < -0.3 is 15.0 Å². The van der Waals surface area contributed by atoms with Crippen molar-refractivity contribution in [1.29, 1.82) is 0 Å². The zero-order valence-corrected chi connectivity index (χ0v) is 15.5. The first kappa shape index (κ1) is 18.8. The molecule has 1 saturated heterocycles. The number of sulfonamides is 1. The summed E-state index contributed by atoms with van der Waals surface area (Å²) in [5.74, 6) is -0.297. The van der Waals surface area contributed by atoms with Crippen molar-refractivity contribution in [2.45, 2.75) is 24.2 Å². The van der Waals surface area contributed by atoms with E-state index < -0.39 is 10.0 Å². The Labute approximate surface area is 153 Å². The van der Waals surface area contributed by atoms with Crippen LogP contribution in [0.4, 0.5) is 5.69 Å². The molecule has 3 rings (SSSR count). The summed E-state index contributed by atoms with van der Waals surface area (Å²) in [5, 5.41) is 2.79. The predicted molar refractivity (Wildman–Crippen MR) is 95.2 cm³/mol. The molecule has 2 amide bonds. The Morgan fingerprint density at radius 1 is 1.27 bits per heavy atom. The van der Waals surface area contributed by atoms with Gasteiger partial charge in [0, 0.05) is 32.2 Å². The molecule has 0 aromatic heterocycles. The number of amides is 2. The van der Waals surface area contributed by atoms with E-state index >= 15 is 0 Å². The van der Waals surface area contributed by atoms with Crippen LogP contribution in [0.15, 0.2) is 23.1 Å². The van der Waals surface area contributed by atoms with Crippen LogP contribution >= 0.6 is 0 Å². The predicted octanol–water partition coefficient (Wildman–Crippen LogP) is 0.441. The zero-order chi connectivity index (χ0) is 18.7. The van der Waals surface area contributed by atoms with Crippen LogP contribution in [0.2, 0.25) is 0 Å². The number of hydrogen-bond acceptors (Lipinski definition) is 5. The van der Waals surface area contributed by atoms with E-state index in [1.807, 2.05) is 0 Å². The summed E-state index contributed by atoms with van der Waals surface area (Å²) >= 11 is 0. The SMILES string of the molecule is CN(CC(=O)N1CCOCC1)S(=O)(=O)c1ccc2c(c1)CCCC(=O)N2. The van der Waals surface area contributed by atoms with Crippen molar-refractivity contribution in [3.05, 3.63) is 23.8 Å². The van der Waals surface area contributed by atoms with Gasteiger partial charge in [-0.15, -0.1) is 0 Å². The van der Waals surface area contributed by atoms with E-state index in [0.29, 0.717) is 51.3 Å². The van der Waals surface area contributed by atoms with E-state index in [1.165, 1.54) is 13.1 Å². The van der Waals surface area contributed by atoms with Gasteiger partial charge in [0.1, 0.15) is 0 Å². The third-order valence-electron chi connectivity index (χ3n) is 4.63. The summed E-state index contributed by atoms with van der Waals surface area (Å²) in [6.45, 7) is 1.68. The first-order valence-corrected chi connectivity index (χ1v) is 10.1. The largest absolute Gasteiger partial charge is 0.378 e. The molecule has 0 spiro atoms. The van der Waals surface area contributed by atoms with E-state index in [4.69, 9.17) is 4.74 Å². The van der Waals surface area contributed by atoms with Crippen molar-refractivity contribution in [3.8, 4) is 0 Å². The number of likely N-dealkylation sites (N-methyl/N-ethyl adjacent to an activating group) is 1. The molecule has 1 fully saturated rings. The summed E-state index contributed by atoms with van der Waals surface area (Å²) in [7, 11) is -2.39. The van der Waals surface area contributed by atoms with Gasteiger partial charge in [0.15, 0.2) is 0 Å². The van der Waals surface area contributed by atoms with Gasteiger partial charge >= 0.3 is 0 Å². The molecule has 1 aromatic rings. The van der Waals surface area contributed by atoms with Crippen molar-refractivity contribution in [1.82, 2.24) is 9.21 Å². The highest BCUT2D eigenvalue weighted by Crippen LogP contribution is 2.26. The maximum Gasteiger partial charge on any atom is 0.243 e. The van der Waals surface area contributed by atoms with Gasteiger partial charge in [-0.1, -0.05) is 0 Å². The third-order valence-corrected chi connectivity index (χ3v) is 6.43. The number of nitrogens with zero attached hydrogens (tertiary/aromatic N) is 2. The molecule has 2 heterocycles. The topological polar surface area (TPSA) is 96.0 Å². The average molecular weight is 381 g/mol. The monoisotopic (exact) mass is 381 g/mol. The van der Waals surface area contributed by atoms with Crippen LogP contribution in [0.3, 0.4) is 0 Å². The third kappa shape index (κ3) is 4.05. The number of fused-ring (bicyclic) bond motifs is 1. The Hall–Kier alpha value is -1.97. The zero-order valence-electron chi connectivity index (χ0n) is 14.7. The van der Waals surface area contributed by atoms with Gasteiger partial charge in [-0.25, -0.2) is 8.42 Å². The lowest BCUT2D eigenvalue weighted by atomic mass is 10.1. The molecule has 26 heavy (non-hydrogen) atoms. The van der Waals surface area contributed by atoms with Crippen molar-refractivity contribution in [3.63, 3.8) is 0 Å². The molecule has 2 aliphatic heterocycles. The number of aryl methyl sites for hydroxylation is 1. The second-order valence-corrected chi connectivity index (χ2v) is 8.52. The van der Waals surface area contributed by atoms with Gasteiger partial charge in [0.25, 0.3) is 0 Å². The molecule has 0 bridgehead atoms. The van der Waals surface area contributed by atoms with Crippen LogP contribution in [-0.4, -0.2) is 69.3 Å². The van der Waals surface area contributed by atoms with Crippen LogP contribution in [0, 0.1) is 0 Å². The molecular formula is C17H23N3O5S. The van der Waals surface area contributed by atoms with Crippen LogP contribution in [0.5, 0.6) is 0 Å². The van der Waals surface area contributed by atoms with Gasteiger partial charge in [-0.3, -0.25) is 9.59 Å². The van der Waals surface area contributed by atoms with E-state index in [9.17, 15) is 18.0 Å². The Bertz CT molecular complexity index is 803. The number of ether oxygens (including phenoxy) is 1. The number of rotatable bonds is 4. The first-order chi connectivity index (χ1) is 12.4. The van der Waals surface area contributed by atoms with Crippen LogP contribution in [-0.2, 0) is 30.8 Å². The molecule has 0 radical (unpaired) electrons. The number of hydrogen-bond donors (Lipinski definition) is 1. The minimum Gasteiger partial charge on any atom is -0.378 e. The fourth-order valence-electron chi connectivity index (χ4n) is 3.08. The van der Waals surface area contributed by atoms with Crippen molar-refractivity contribution in [2.75, 3.05) is 45.2 Å². The molecule has 0 atom stereocenters. The van der Waals surface area contributed by atoms with Crippen molar-refractivity contribution >= 4 is 27.5 Å². The van der Waals surface area contributed by atoms with E-state index in [1.54, 1.807) is 17.0 Å². The number of nitrogens with one attached hydrogen (secondary N) is 1. The Morgan fingerprint density at radius 2 is 2.00 bits per heavy atom. The second-order valence-electron chi connectivity index (χ2n) is 6.47. The van der Waals surface area contributed by atoms with Gasteiger partial charge in [-0.2, -0.15) is 4.31 Å². The van der Waals surface area contributed by atoms with Crippen LogP contribution in [0.25, 0.3) is 0 Å². The smallest absolute Gasteiger partial charge is 0.243 e. The minimum absolute atomic E-state index is 0.0624. The molecule has 9 heteroatoms. The molecular weight excluding hydrogens is 358 g/mol. The molecule has 0 unspecified atom stereocenters. The maximum absolute atomic E-state index is 12.8. The Morgan fingerprint density at radius 3 is 2.73 bits per heavy atom. The Balaban J connectivity index is 1.75. The average Bonchev–Trinajstić information content (AvgIpc) is 2.82. The van der Waals surface area contributed by atoms with Crippen molar-refractivity contribution < 1.29 is 22.7 Å². The molecule has 0 saturated carbocycles. The van der Waals surface area contributed by atoms with Crippen LogP contribution in [0.1, 0.15) is 18.4 Å². The summed E-state index contributed by atoms with van der Waals surface area (Å²) in [4.78, 5) is 25.7. The normalized spacial score (nSPS) is 18.2. The van der Waals surface area contributed by atoms with Crippen molar-refractivity contribution in [2.24, 2.45) is 0 Å². The van der Waals surface area contributed by atoms with Gasteiger partial charge in [0.2, 0.25) is 21.8 Å². The fourth-order valence-corrected chi connectivity index (χ4v) is 4.25. The molecule has 142 valence electrons. The lowest BCUT2D eigenvalue weighted by molar-refractivity contribution is -0.135. The van der Waals surface area contributed by atoms with Gasteiger partial charge in [0.05, 0.1) is 24.7 Å². The number of benzene rings is 1. The molecule has 8 nitrogen and oxygen atoms in total. The molecule has 0 aliphatic carbocycles. The standard InChI is InChI=1S/C17H23N3O5S/c1-19(12-17(22)20-7-9-25-10-8-20)26(23,24)14-5-6-15-13(11-14)3-2-4-16(21)18-15/h5-6,11H,2-4,7-10,12H2,1H3,(H,18,21). The van der Waals surface area contributed by atoms with Gasteiger partial charge in [-0.05, 0) is 36.6 Å².